The van der Waals surface area contributed by atoms with E-state index in [0.29, 0.717) is 0 Å². The van der Waals surface area contributed by atoms with E-state index in [1.165, 1.54) is 27.2 Å². The maximum atomic E-state index is 6.17. The van der Waals surface area contributed by atoms with Crippen molar-refractivity contribution in [3.63, 3.8) is 0 Å². The number of nitrogens with two attached hydrogens (primary N) is 1. The molecule has 1 aliphatic heterocycles. The fraction of sp³-hybridized carbons (Fsp3) is 0.500. The third-order valence-corrected chi connectivity index (χ3v) is 5.67. The van der Waals surface area contributed by atoms with Crippen LogP contribution < -0.4 is 11.1 Å². The van der Waals surface area contributed by atoms with Crippen LogP contribution in [0.15, 0.2) is 51.4 Å². The van der Waals surface area contributed by atoms with Crippen LogP contribution in [0.4, 0.5) is 0 Å². The van der Waals surface area contributed by atoms with Crippen LogP contribution in [-0.4, -0.2) is 30.7 Å². The molecule has 1 aromatic carbocycles. The van der Waals surface area contributed by atoms with Gasteiger partial charge < -0.3 is 11.1 Å². The summed E-state index contributed by atoms with van der Waals surface area (Å²) in [6.07, 6.45) is 7.81. The van der Waals surface area contributed by atoms with Gasteiger partial charge >= 0.3 is 0 Å². The van der Waals surface area contributed by atoms with Crippen LogP contribution in [-0.2, 0) is 0 Å². The molecule has 0 spiro atoms. The van der Waals surface area contributed by atoms with Crippen molar-refractivity contribution < 1.29 is 0 Å². The smallest absolute Gasteiger partial charge is 0.129 e. The standard InChI is InChI=1S/C20H27N3S.C2H6/c1-14-7-8-19(18(11-14)20-22-9-4-10-23-20)24-13-16-12-17(21)6-3-5-15(16)2;1-2/h5,7-8,11-12,17H,3-4,6,9-10,13,21H2,1-2H3,(H,22,23);1-2H3. The molecule has 0 fully saturated rings. The molecule has 26 heavy (non-hydrogen) atoms. The summed E-state index contributed by atoms with van der Waals surface area (Å²) in [4.78, 5) is 5.98. The maximum Gasteiger partial charge on any atom is 0.129 e. The SMILES string of the molecule is CC.CC1=CCCC(N)C=C1CSc1ccc(C)cc1C1=NCCCN1. The molecule has 1 aliphatic carbocycles. The number of amidine groups is 1. The van der Waals surface area contributed by atoms with Gasteiger partial charge in [0.15, 0.2) is 0 Å². The molecule has 0 aromatic heterocycles. The zero-order valence-electron chi connectivity index (χ0n) is 16.6. The highest BCUT2D eigenvalue weighted by molar-refractivity contribution is 7.99. The Morgan fingerprint density at radius 2 is 2.08 bits per heavy atom. The predicted octanol–water partition coefficient (Wildman–Crippen LogP) is 4.85. The Kier molecular flexibility index (Phi) is 8.46. The third kappa shape index (κ3) is 5.75. The summed E-state index contributed by atoms with van der Waals surface area (Å²) >= 11 is 1.89. The van der Waals surface area contributed by atoms with Crippen molar-refractivity contribution in [3.8, 4) is 0 Å². The molecule has 1 aromatic rings. The van der Waals surface area contributed by atoms with Crippen LogP contribution >= 0.6 is 11.8 Å². The highest BCUT2D eigenvalue weighted by Crippen LogP contribution is 2.29. The number of hydrogen-bond acceptors (Lipinski definition) is 4. The number of nitrogens with one attached hydrogen (secondary N) is 1. The van der Waals surface area contributed by atoms with Crippen molar-refractivity contribution in [2.45, 2.75) is 57.9 Å². The van der Waals surface area contributed by atoms with E-state index in [9.17, 15) is 0 Å². The van der Waals surface area contributed by atoms with E-state index in [-0.39, 0.29) is 6.04 Å². The highest BCUT2D eigenvalue weighted by Gasteiger charge is 2.14. The molecule has 1 heterocycles. The van der Waals surface area contributed by atoms with Crippen molar-refractivity contribution in [2.24, 2.45) is 10.7 Å². The monoisotopic (exact) mass is 371 g/mol. The minimum absolute atomic E-state index is 0.177. The minimum Gasteiger partial charge on any atom is -0.370 e. The van der Waals surface area contributed by atoms with Crippen LogP contribution in [0.5, 0.6) is 0 Å². The maximum absolute atomic E-state index is 6.17. The average Bonchev–Trinajstić information content (AvgIpc) is 2.83. The van der Waals surface area contributed by atoms with Gasteiger partial charge in [0.05, 0.1) is 0 Å². The fourth-order valence-electron chi connectivity index (χ4n) is 3.08. The number of allylic oxidation sites excluding steroid dienone is 2. The molecule has 3 N–H and O–H groups in total. The lowest BCUT2D eigenvalue weighted by Gasteiger charge is -2.18. The summed E-state index contributed by atoms with van der Waals surface area (Å²) in [5.74, 6) is 2.01. The van der Waals surface area contributed by atoms with Gasteiger partial charge in [-0.25, -0.2) is 0 Å². The number of aryl methyl sites for hydroxylation is 1. The van der Waals surface area contributed by atoms with Crippen molar-refractivity contribution in [2.75, 3.05) is 18.8 Å². The molecule has 1 unspecified atom stereocenters. The highest BCUT2D eigenvalue weighted by atomic mass is 32.2. The number of rotatable bonds is 4. The number of nitrogens with zero attached hydrogens (tertiary/aromatic N) is 1. The molecular weight excluding hydrogens is 338 g/mol. The van der Waals surface area contributed by atoms with E-state index in [2.05, 4.69) is 54.5 Å². The zero-order valence-corrected chi connectivity index (χ0v) is 17.5. The molecule has 0 radical (unpaired) electrons. The number of hydrogen-bond donors (Lipinski definition) is 2. The third-order valence-electron chi connectivity index (χ3n) is 4.54. The van der Waals surface area contributed by atoms with Gasteiger partial charge in [-0.2, -0.15) is 0 Å². The van der Waals surface area contributed by atoms with Gasteiger partial charge in [-0.05, 0) is 50.8 Å². The minimum atomic E-state index is 0.177. The zero-order chi connectivity index (χ0) is 18.9. The van der Waals surface area contributed by atoms with E-state index in [1.54, 1.807) is 0 Å². The molecule has 142 valence electrons. The molecule has 0 bridgehead atoms. The summed E-state index contributed by atoms with van der Waals surface area (Å²) in [6.45, 7) is 10.3. The van der Waals surface area contributed by atoms with Gasteiger partial charge in [0.1, 0.15) is 5.84 Å². The lowest BCUT2D eigenvalue weighted by Crippen LogP contribution is -2.30. The Hall–Kier alpha value is -1.52. The van der Waals surface area contributed by atoms with E-state index in [4.69, 9.17) is 5.73 Å². The molecule has 3 rings (SSSR count). The lowest BCUT2D eigenvalue weighted by atomic mass is 10.1. The van der Waals surface area contributed by atoms with E-state index in [1.807, 2.05) is 25.6 Å². The quantitative estimate of drug-likeness (QED) is 0.744. The number of aliphatic imine (C=N–C) groups is 1. The number of thioether (sulfide) groups is 1. The molecule has 3 nitrogen and oxygen atoms in total. The van der Waals surface area contributed by atoms with Crippen LogP contribution in [0.3, 0.4) is 0 Å². The first kappa shape index (κ1) is 20.8. The van der Waals surface area contributed by atoms with E-state index in [0.717, 1.165) is 43.9 Å². The lowest BCUT2D eigenvalue weighted by molar-refractivity contribution is 0.737. The Bertz CT molecular complexity index is 689. The van der Waals surface area contributed by atoms with Crippen LogP contribution in [0, 0.1) is 6.92 Å². The molecule has 4 heteroatoms. The Morgan fingerprint density at radius 1 is 1.27 bits per heavy atom. The summed E-state index contributed by atoms with van der Waals surface area (Å²) in [6, 6.07) is 6.83. The molecule has 0 saturated carbocycles. The first-order chi connectivity index (χ1) is 12.6. The topological polar surface area (TPSA) is 50.4 Å². The molecule has 1 atom stereocenters. The van der Waals surface area contributed by atoms with Gasteiger partial charge in [-0.3, -0.25) is 4.99 Å². The second kappa shape index (κ2) is 10.6. The Morgan fingerprint density at radius 3 is 2.81 bits per heavy atom. The fourth-order valence-corrected chi connectivity index (χ4v) is 4.19. The van der Waals surface area contributed by atoms with Crippen molar-refractivity contribution in [1.29, 1.82) is 0 Å². The predicted molar refractivity (Wildman–Crippen MR) is 116 cm³/mol. The molecule has 0 saturated heterocycles. The first-order valence-electron chi connectivity index (χ1n) is 9.79. The average molecular weight is 372 g/mol. The van der Waals surface area contributed by atoms with Crippen LogP contribution in [0.25, 0.3) is 0 Å². The molecule has 2 aliphatic rings. The van der Waals surface area contributed by atoms with Gasteiger partial charge in [-0.1, -0.05) is 43.2 Å². The van der Waals surface area contributed by atoms with Crippen LogP contribution in [0.1, 0.15) is 51.2 Å². The van der Waals surface area contributed by atoms with Gasteiger partial charge in [-0.15, -0.1) is 11.8 Å². The van der Waals surface area contributed by atoms with E-state index < -0.39 is 0 Å². The Labute approximate surface area is 163 Å². The van der Waals surface area contributed by atoms with Crippen molar-refractivity contribution >= 4 is 17.6 Å². The normalized spacial score (nSPS) is 19.9. The van der Waals surface area contributed by atoms with E-state index >= 15 is 0 Å². The first-order valence-corrected chi connectivity index (χ1v) is 10.8. The summed E-state index contributed by atoms with van der Waals surface area (Å²) in [5.41, 5.74) is 11.4. The van der Waals surface area contributed by atoms with Gasteiger partial charge in [0.2, 0.25) is 0 Å². The van der Waals surface area contributed by atoms with Crippen LogP contribution in [0.2, 0.25) is 0 Å². The summed E-state index contributed by atoms with van der Waals surface area (Å²) in [7, 11) is 0. The summed E-state index contributed by atoms with van der Waals surface area (Å²) < 4.78 is 0. The second-order valence-electron chi connectivity index (χ2n) is 6.62. The summed E-state index contributed by atoms with van der Waals surface area (Å²) in [5, 5.41) is 3.46. The molecule has 0 amide bonds. The van der Waals surface area contributed by atoms with Crippen molar-refractivity contribution in [1.82, 2.24) is 5.32 Å². The number of benzene rings is 1. The molecular formula is C22H33N3S. The Balaban J connectivity index is 0.00000117. The van der Waals surface area contributed by atoms with Gasteiger partial charge in [0.25, 0.3) is 0 Å². The van der Waals surface area contributed by atoms with Crippen molar-refractivity contribution in [3.05, 3.63) is 52.6 Å². The largest absolute Gasteiger partial charge is 0.370 e. The van der Waals surface area contributed by atoms with Gasteiger partial charge in [0, 0.05) is 35.3 Å². The second-order valence-corrected chi connectivity index (χ2v) is 7.64.